The van der Waals surface area contributed by atoms with Crippen molar-refractivity contribution in [2.75, 3.05) is 6.61 Å². The lowest BCUT2D eigenvalue weighted by Gasteiger charge is -2.20. The molecule has 96 valence electrons. The van der Waals surface area contributed by atoms with Crippen molar-refractivity contribution < 1.29 is 9.47 Å². The molecule has 0 aliphatic carbocycles. The molecule has 0 fully saturated rings. The summed E-state index contributed by atoms with van der Waals surface area (Å²) in [6.45, 7) is 9.18. The fraction of sp³-hybridized carbons (Fsp3) is 0.600. The average Bonchev–Trinajstić information content (AvgIpc) is 2.29. The largest absolute Gasteiger partial charge is 0.465 e. The van der Waals surface area contributed by atoms with Gasteiger partial charge in [0.25, 0.3) is 0 Å². The van der Waals surface area contributed by atoms with Crippen molar-refractivity contribution in [2.24, 2.45) is 5.92 Å². The van der Waals surface area contributed by atoms with Crippen LogP contribution in [0.4, 0.5) is 0 Å². The molecule has 1 aromatic rings. The normalized spacial score (nSPS) is 12.8. The van der Waals surface area contributed by atoms with Crippen LogP contribution in [0, 0.1) is 5.92 Å². The predicted octanol–water partition coefficient (Wildman–Crippen LogP) is 4.04. The number of ether oxygens (including phenoxy) is 2. The molecule has 0 spiro atoms. The first-order valence-corrected chi connectivity index (χ1v) is 6.52. The van der Waals surface area contributed by atoms with E-state index in [9.17, 15) is 0 Å². The summed E-state index contributed by atoms with van der Waals surface area (Å²) in [6.07, 6.45) is 1.84. The second-order valence-corrected chi connectivity index (χ2v) is 4.63. The van der Waals surface area contributed by atoms with Crippen LogP contribution in [-0.2, 0) is 11.2 Å². The molecule has 0 saturated heterocycles. The van der Waals surface area contributed by atoms with E-state index in [1.165, 1.54) is 5.56 Å². The molecule has 1 rings (SSSR count). The summed E-state index contributed by atoms with van der Waals surface area (Å²) in [5, 5.41) is 0. The molecular formula is C15H24O2. The first-order chi connectivity index (χ1) is 8.15. The SMILES string of the molecule is CCOC(CC(C)C)Oc1ccc(CC)cc1. The van der Waals surface area contributed by atoms with Crippen LogP contribution in [0.25, 0.3) is 0 Å². The highest BCUT2D eigenvalue weighted by Crippen LogP contribution is 2.18. The molecular weight excluding hydrogens is 212 g/mol. The van der Waals surface area contributed by atoms with Crippen molar-refractivity contribution in [3.05, 3.63) is 29.8 Å². The van der Waals surface area contributed by atoms with Crippen LogP contribution < -0.4 is 4.74 Å². The van der Waals surface area contributed by atoms with Gasteiger partial charge in [0.2, 0.25) is 0 Å². The van der Waals surface area contributed by atoms with Crippen LogP contribution in [0.5, 0.6) is 5.75 Å². The minimum atomic E-state index is -0.132. The van der Waals surface area contributed by atoms with E-state index in [0.717, 1.165) is 18.6 Å². The Hall–Kier alpha value is -1.02. The van der Waals surface area contributed by atoms with Crippen LogP contribution in [0.2, 0.25) is 0 Å². The molecule has 1 atom stereocenters. The maximum atomic E-state index is 5.84. The molecule has 0 heterocycles. The van der Waals surface area contributed by atoms with Crippen molar-refractivity contribution in [3.63, 3.8) is 0 Å². The minimum absolute atomic E-state index is 0.132. The molecule has 0 radical (unpaired) electrons. The van der Waals surface area contributed by atoms with Crippen LogP contribution >= 0.6 is 0 Å². The molecule has 2 nitrogen and oxygen atoms in total. The van der Waals surface area contributed by atoms with Crippen LogP contribution in [0.15, 0.2) is 24.3 Å². The fourth-order valence-corrected chi connectivity index (χ4v) is 1.68. The Labute approximate surface area is 105 Å². The predicted molar refractivity (Wildman–Crippen MR) is 71.3 cm³/mol. The third kappa shape index (κ3) is 5.22. The molecule has 1 aromatic carbocycles. The molecule has 1 unspecified atom stereocenters. The van der Waals surface area contributed by atoms with Gasteiger partial charge < -0.3 is 9.47 Å². The molecule has 2 heteroatoms. The third-order valence-corrected chi connectivity index (χ3v) is 2.62. The van der Waals surface area contributed by atoms with Gasteiger partial charge >= 0.3 is 0 Å². The summed E-state index contributed by atoms with van der Waals surface area (Å²) in [7, 11) is 0. The van der Waals surface area contributed by atoms with Crippen molar-refractivity contribution >= 4 is 0 Å². The van der Waals surface area contributed by atoms with E-state index in [2.05, 4.69) is 32.9 Å². The van der Waals surface area contributed by atoms with Gasteiger partial charge in [-0.25, -0.2) is 0 Å². The Kier molecular flexibility index (Phi) is 6.06. The highest BCUT2D eigenvalue weighted by atomic mass is 16.7. The zero-order valence-corrected chi connectivity index (χ0v) is 11.4. The lowest BCUT2D eigenvalue weighted by atomic mass is 10.1. The number of hydrogen-bond acceptors (Lipinski definition) is 2. The molecule has 0 N–H and O–H groups in total. The maximum Gasteiger partial charge on any atom is 0.200 e. The summed E-state index contributed by atoms with van der Waals surface area (Å²) in [5.74, 6) is 1.46. The molecule has 0 aliphatic heterocycles. The summed E-state index contributed by atoms with van der Waals surface area (Å²) >= 11 is 0. The van der Waals surface area contributed by atoms with Crippen molar-refractivity contribution in [1.82, 2.24) is 0 Å². The van der Waals surface area contributed by atoms with E-state index in [-0.39, 0.29) is 6.29 Å². The molecule has 0 aliphatic rings. The smallest absolute Gasteiger partial charge is 0.200 e. The number of aryl methyl sites for hydroxylation is 1. The molecule has 0 bridgehead atoms. The number of rotatable bonds is 7. The monoisotopic (exact) mass is 236 g/mol. The zero-order chi connectivity index (χ0) is 12.7. The summed E-state index contributed by atoms with van der Waals surface area (Å²) in [4.78, 5) is 0. The Balaban J connectivity index is 2.58. The lowest BCUT2D eigenvalue weighted by Crippen LogP contribution is -2.22. The van der Waals surface area contributed by atoms with Gasteiger partial charge in [0.15, 0.2) is 6.29 Å². The van der Waals surface area contributed by atoms with Crippen LogP contribution in [0.1, 0.15) is 39.7 Å². The van der Waals surface area contributed by atoms with Gasteiger partial charge in [0, 0.05) is 13.0 Å². The van der Waals surface area contributed by atoms with E-state index >= 15 is 0 Å². The summed E-state index contributed by atoms with van der Waals surface area (Å²) in [5.41, 5.74) is 1.33. The topological polar surface area (TPSA) is 18.5 Å². The second kappa shape index (κ2) is 7.33. The standard InChI is InChI=1S/C15H24O2/c1-5-13-7-9-14(10-8-13)17-15(16-6-2)11-12(3)4/h7-10,12,15H,5-6,11H2,1-4H3. The van der Waals surface area contributed by atoms with Crippen LogP contribution in [-0.4, -0.2) is 12.9 Å². The van der Waals surface area contributed by atoms with E-state index in [0.29, 0.717) is 12.5 Å². The van der Waals surface area contributed by atoms with E-state index in [4.69, 9.17) is 9.47 Å². The summed E-state index contributed by atoms with van der Waals surface area (Å²) < 4.78 is 11.4. The zero-order valence-electron chi connectivity index (χ0n) is 11.4. The van der Waals surface area contributed by atoms with Gasteiger partial charge in [-0.1, -0.05) is 32.9 Å². The Morgan fingerprint density at radius 3 is 2.18 bits per heavy atom. The summed E-state index contributed by atoms with van der Waals surface area (Å²) in [6, 6.07) is 8.25. The number of benzene rings is 1. The Bertz CT molecular complexity index is 303. The fourth-order valence-electron chi connectivity index (χ4n) is 1.68. The molecule has 0 amide bonds. The maximum absolute atomic E-state index is 5.84. The van der Waals surface area contributed by atoms with Crippen molar-refractivity contribution in [1.29, 1.82) is 0 Å². The second-order valence-electron chi connectivity index (χ2n) is 4.63. The third-order valence-electron chi connectivity index (χ3n) is 2.62. The highest BCUT2D eigenvalue weighted by Gasteiger charge is 2.12. The van der Waals surface area contributed by atoms with Crippen LogP contribution in [0.3, 0.4) is 0 Å². The van der Waals surface area contributed by atoms with E-state index in [1.807, 2.05) is 19.1 Å². The Morgan fingerprint density at radius 1 is 1.06 bits per heavy atom. The lowest BCUT2D eigenvalue weighted by molar-refractivity contribution is -0.0859. The van der Waals surface area contributed by atoms with E-state index < -0.39 is 0 Å². The van der Waals surface area contributed by atoms with Gasteiger partial charge in [-0.05, 0) is 37.0 Å². The van der Waals surface area contributed by atoms with Crippen molar-refractivity contribution in [3.8, 4) is 5.75 Å². The van der Waals surface area contributed by atoms with Gasteiger partial charge in [-0.3, -0.25) is 0 Å². The first-order valence-electron chi connectivity index (χ1n) is 6.52. The molecule has 17 heavy (non-hydrogen) atoms. The quantitative estimate of drug-likeness (QED) is 0.665. The van der Waals surface area contributed by atoms with Gasteiger partial charge in [0.1, 0.15) is 5.75 Å². The number of hydrogen-bond donors (Lipinski definition) is 0. The Morgan fingerprint density at radius 2 is 1.71 bits per heavy atom. The minimum Gasteiger partial charge on any atom is -0.465 e. The first kappa shape index (κ1) is 14.0. The molecule has 0 aromatic heterocycles. The van der Waals surface area contributed by atoms with Gasteiger partial charge in [-0.2, -0.15) is 0 Å². The van der Waals surface area contributed by atoms with Gasteiger partial charge in [0.05, 0.1) is 0 Å². The van der Waals surface area contributed by atoms with Crippen molar-refractivity contribution in [2.45, 2.75) is 46.8 Å². The van der Waals surface area contributed by atoms with E-state index in [1.54, 1.807) is 0 Å². The average molecular weight is 236 g/mol. The molecule has 0 saturated carbocycles. The van der Waals surface area contributed by atoms with Gasteiger partial charge in [-0.15, -0.1) is 0 Å². The highest BCUT2D eigenvalue weighted by molar-refractivity contribution is 5.27.